The summed E-state index contributed by atoms with van der Waals surface area (Å²) in [5, 5.41) is 5.44. The van der Waals surface area contributed by atoms with E-state index in [2.05, 4.69) is 10.6 Å². The second-order valence-corrected chi connectivity index (χ2v) is 8.38. The average molecular weight is 537 g/mol. The minimum absolute atomic E-state index is 0.150. The number of esters is 1. The van der Waals surface area contributed by atoms with Crippen LogP contribution in [0.5, 0.6) is 28.7 Å². The second-order valence-electron chi connectivity index (χ2n) is 8.38. The zero-order valence-electron chi connectivity index (χ0n) is 21.6. The van der Waals surface area contributed by atoms with Crippen LogP contribution in [0.3, 0.4) is 0 Å². The van der Waals surface area contributed by atoms with Crippen molar-refractivity contribution in [2.45, 2.75) is 19.6 Å². The zero-order valence-corrected chi connectivity index (χ0v) is 21.6. The van der Waals surface area contributed by atoms with Crippen molar-refractivity contribution in [1.29, 1.82) is 0 Å². The molecule has 0 aromatic heterocycles. The molecule has 0 spiro atoms. The molecule has 11 nitrogen and oxygen atoms in total. The Morgan fingerprint density at radius 3 is 2.41 bits per heavy atom. The topological polar surface area (TPSA) is 131 Å². The molecule has 1 heterocycles. The summed E-state index contributed by atoms with van der Waals surface area (Å²) in [7, 11) is 2.96. The molecule has 39 heavy (non-hydrogen) atoms. The molecule has 1 aliphatic rings. The number of ether oxygens (including phenoxy) is 6. The zero-order chi connectivity index (χ0) is 27.8. The molecule has 0 fully saturated rings. The van der Waals surface area contributed by atoms with Gasteiger partial charge in [0.15, 0.2) is 35.7 Å². The average Bonchev–Trinajstić information content (AvgIpc) is 3.43. The van der Waals surface area contributed by atoms with E-state index in [9.17, 15) is 14.4 Å². The number of rotatable bonds is 11. The van der Waals surface area contributed by atoms with Crippen molar-refractivity contribution in [2.75, 3.05) is 32.9 Å². The molecule has 1 unspecified atom stereocenters. The first-order chi connectivity index (χ1) is 18.9. The van der Waals surface area contributed by atoms with Crippen LogP contribution in [0.4, 0.5) is 5.69 Å². The third-order valence-corrected chi connectivity index (χ3v) is 5.69. The number of methoxy groups -OCH3 is 2. The monoisotopic (exact) mass is 536 g/mol. The van der Waals surface area contributed by atoms with Crippen LogP contribution < -0.4 is 34.3 Å². The Hall–Kier alpha value is -4.93. The molecule has 3 aromatic rings. The summed E-state index contributed by atoms with van der Waals surface area (Å²) in [6, 6.07) is 16.6. The van der Waals surface area contributed by atoms with E-state index < -0.39 is 18.0 Å². The van der Waals surface area contributed by atoms with Gasteiger partial charge in [-0.05, 0) is 67.1 Å². The van der Waals surface area contributed by atoms with Gasteiger partial charge in [0.2, 0.25) is 6.79 Å². The highest BCUT2D eigenvalue weighted by molar-refractivity contribution is 5.93. The summed E-state index contributed by atoms with van der Waals surface area (Å²) in [4.78, 5) is 37.4. The number of hydrogen-bond acceptors (Lipinski definition) is 9. The van der Waals surface area contributed by atoms with Gasteiger partial charge < -0.3 is 39.1 Å². The molecular formula is C28H28N2O9. The quantitative estimate of drug-likeness (QED) is 0.355. The van der Waals surface area contributed by atoms with Crippen molar-refractivity contribution >= 4 is 23.5 Å². The third-order valence-electron chi connectivity index (χ3n) is 5.69. The van der Waals surface area contributed by atoms with Gasteiger partial charge in [0.25, 0.3) is 11.8 Å². The lowest BCUT2D eigenvalue weighted by molar-refractivity contribution is -0.129. The number of benzene rings is 3. The summed E-state index contributed by atoms with van der Waals surface area (Å²) in [5.74, 6) is 0.848. The Balaban J connectivity index is 1.27. The van der Waals surface area contributed by atoms with Gasteiger partial charge >= 0.3 is 5.97 Å². The van der Waals surface area contributed by atoms with Crippen LogP contribution in [-0.2, 0) is 20.9 Å². The van der Waals surface area contributed by atoms with E-state index in [-0.39, 0.29) is 42.9 Å². The molecule has 2 amide bonds. The van der Waals surface area contributed by atoms with E-state index in [0.29, 0.717) is 22.9 Å². The maximum Gasteiger partial charge on any atom is 0.339 e. The Labute approximate surface area is 224 Å². The summed E-state index contributed by atoms with van der Waals surface area (Å²) in [5.41, 5.74) is 1.55. The van der Waals surface area contributed by atoms with Crippen molar-refractivity contribution in [3.63, 3.8) is 0 Å². The molecule has 4 rings (SSSR count). The SMILES string of the molecule is COc1ccc(NC(=O)COc2ccc(C(=O)OC(C)C(=O)NCc3ccc4c(c3)OCO4)cc2OC)cc1. The fourth-order valence-electron chi connectivity index (χ4n) is 3.59. The Bertz CT molecular complexity index is 1340. The molecule has 1 aliphatic heterocycles. The van der Waals surface area contributed by atoms with Crippen molar-refractivity contribution < 1.29 is 42.8 Å². The molecule has 0 aliphatic carbocycles. The van der Waals surface area contributed by atoms with Crippen molar-refractivity contribution in [3.8, 4) is 28.7 Å². The first kappa shape index (κ1) is 27.1. The molecule has 0 saturated heterocycles. The lowest BCUT2D eigenvalue weighted by Crippen LogP contribution is -2.35. The number of nitrogens with one attached hydrogen (secondary N) is 2. The molecule has 0 bridgehead atoms. The van der Waals surface area contributed by atoms with Gasteiger partial charge in [-0.15, -0.1) is 0 Å². The summed E-state index contributed by atoms with van der Waals surface area (Å²) in [6.07, 6.45) is -1.05. The number of hydrogen-bond donors (Lipinski definition) is 2. The van der Waals surface area contributed by atoms with Crippen LogP contribution in [-0.4, -0.2) is 51.5 Å². The highest BCUT2D eigenvalue weighted by Crippen LogP contribution is 2.32. The van der Waals surface area contributed by atoms with Gasteiger partial charge in [0.1, 0.15) is 5.75 Å². The van der Waals surface area contributed by atoms with Crippen LogP contribution >= 0.6 is 0 Å². The minimum atomic E-state index is -1.05. The van der Waals surface area contributed by atoms with Gasteiger partial charge in [0, 0.05) is 12.2 Å². The lowest BCUT2D eigenvalue weighted by atomic mass is 10.2. The number of fused-ring (bicyclic) bond motifs is 1. The van der Waals surface area contributed by atoms with E-state index in [1.54, 1.807) is 43.5 Å². The first-order valence-corrected chi connectivity index (χ1v) is 12.0. The molecule has 0 saturated carbocycles. The predicted octanol–water partition coefficient (Wildman–Crippen LogP) is 3.31. The number of carbonyl (C=O) groups is 3. The smallest absolute Gasteiger partial charge is 0.339 e. The van der Waals surface area contributed by atoms with E-state index >= 15 is 0 Å². The predicted molar refractivity (Wildman–Crippen MR) is 139 cm³/mol. The summed E-state index contributed by atoms with van der Waals surface area (Å²) < 4.78 is 31.9. The Morgan fingerprint density at radius 2 is 1.67 bits per heavy atom. The molecule has 0 radical (unpaired) electrons. The van der Waals surface area contributed by atoms with Gasteiger partial charge in [-0.3, -0.25) is 9.59 Å². The van der Waals surface area contributed by atoms with Crippen LogP contribution in [0.2, 0.25) is 0 Å². The fraction of sp³-hybridized carbons (Fsp3) is 0.250. The largest absolute Gasteiger partial charge is 0.497 e. The minimum Gasteiger partial charge on any atom is -0.497 e. The van der Waals surface area contributed by atoms with E-state index in [1.165, 1.54) is 32.2 Å². The molecule has 1 atom stereocenters. The number of carbonyl (C=O) groups excluding carboxylic acids is 3. The molecule has 2 N–H and O–H groups in total. The molecular weight excluding hydrogens is 508 g/mol. The standard InChI is InChI=1S/C28H28N2O9/c1-17(27(32)29-14-18-4-10-23-25(12-18)38-16-37-23)39-28(33)19-5-11-22(24(13-19)35-3)36-15-26(31)30-20-6-8-21(34-2)9-7-20/h4-13,17H,14-16H2,1-3H3,(H,29,32)(H,30,31). The van der Waals surface area contributed by atoms with Crippen LogP contribution in [0.1, 0.15) is 22.8 Å². The van der Waals surface area contributed by atoms with E-state index in [4.69, 9.17) is 28.4 Å². The van der Waals surface area contributed by atoms with Crippen molar-refractivity contribution in [3.05, 3.63) is 71.8 Å². The number of amides is 2. The molecule has 11 heteroatoms. The highest BCUT2D eigenvalue weighted by atomic mass is 16.7. The van der Waals surface area contributed by atoms with Crippen molar-refractivity contribution in [1.82, 2.24) is 5.32 Å². The Kier molecular flexibility index (Phi) is 8.72. The van der Waals surface area contributed by atoms with Crippen molar-refractivity contribution in [2.24, 2.45) is 0 Å². The maximum atomic E-state index is 12.7. The van der Waals surface area contributed by atoms with E-state index in [0.717, 1.165) is 5.56 Å². The molecule has 204 valence electrons. The van der Waals surface area contributed by atoms with Gasteiger partial charge in [-0.25, -0.2) is 4.79 Å². The third kappa shape index (κ3) is 7.10. The van der Waals surface area contributed by atoms with Gasteiger partial charge in [0.05, 0.1) is 19.8 Å². The maximum absolute atomic E-state index is 12.7. The van der Waals surface area contributed by atoms with Crippen LogP contribution in [0.25, 0.3) is 0 Å². The Morgan fingerprint density at radius 1 is 0.897 bits per heavy atom. The van der Waals surface area contributed by atoms with Gasteiger partial charge in [-0.1, -0.05) is 6.07 Å². The van der Waals surface area contributed by atoms with Gasteiger partial charge in [-0.2, -0.15) is 0 Å². The molecule has 3 aromatic carbocycles. The normalized spacial score (nSPS) is 12.2. The van der Waals surface area contributed by atoms with Crippen LogP contribution in [0.15, 0.2) is 60.7 Å². The second kappa shape index (κ2) is 12.5. The highest BCUT2D eigenvalue weighted by Gasteiger charge is 2.21. The summed E-state index contributed by atoms with van der Waals surface area (Å²) in [6.45, 7) is 1.58. The first-order valence-electron chi connectivity index (χ1n) is 12.0. The fourth-order valence-corrected chi connectivity index (χ4v) is 3.59. The van der Waals surface area contributed by atoms with Crippen LogP contribution in [0, 0.1) is 0 Å². The van der Waals surface area contributed by atoms with E-state index in [1.807, 2.05) is 6.07 Å². The summed E-state index contributed by atoms with van der Waals surface area (Å²) >= 11 is 0. The lowest BCUT2D eigenvalue weighted by Gasteiger charge is -2.15. The number of anilines is 1.